The fourth-order valence-corrected chi connectivity index (χ4v) is 4.93. The molecule has 2 saturated heterocycles. The van der Waals surface area contributed by atoms with Gasteiger partial charge >= 0.3 is 0 Å². The second kappa shape index (κ2) is 6.88. The number of nitrogens with zero attached hydrogens (tertiary/aromatic N) is 3. The number of hydrogen-bond donors (Lipinski definition) is 1. The number of aromatic nitrogens is 1. The fourth-order valence-electron chi connectivity index (χ4n) is 4.93. The number of fused-ring (bicyclic) bond motifs is 1. The highest BCUT2D eigenvalue weighted by Crippen LogP contribution is 2.39. The van der Waals surface area contributed by atoms with Gasteiger partial charge in [-0.1, -0.05) is 18.2 Å². The number of carbonyl (C=O) groups is 1. The zero-order valence-corrected chi connectivity index (χ0v) is 16.5. The summed E-state index contributed by atoms with van der Waals surface area (Å²) in [6.45, 7) is 7.12. The summed E-state index contributed by atoms with van der Waals surface area (Å²) in [6.07, 6.45) is 2.38. The predicted molar refractivity (Wildman–Crippen MR) is 107 cm³/mol. The lowest BCUT2D eigenvalue weighted by Crippen LogP contribution is -2.59. The number of pyridine rings is 1. The van der Waals surface area contributed by atoms with Gasteiger partial charge in [-0.15, -0.1) is 0 Å². The molecule has 1 amide bonds. The van der Waals surface area contributed by atoms with Crippen LogP contribution in [0.15, 0.2) is 24.3 Å². The third-order valence-corrected chi connectivity index (χ3v) is 6.44. The number of para-hydroxylation sites is 1. The van der Waals surface area contributed by atoms with Crippen molar-refractivity contribution in [2.75, 3.05) is 33.2 Å². The van der Waals surface area contributed by atoms with Crippen molar-refractivity contribution >= 4 is 16.8 Å². The summed E-state index contributed by atoms with van der Waals surface area (Å²) in [5, 5.41) is 11.7. The van der Waals surface area contributed by atoms with E-state index in [0.29, 0.717) is 12.1 Å². The average molecular weight is 367 g/mol. The second-order valence-corrected chi connectivity index (χ2v) is 8.50. The van der Waals surface area contributed by atoms with Gasteiger partial charge in [0.1, 0.15) is 0 Å². The molecular formula is C22H29N3O2. The van der Waals surface area contributed by atoms with Gasteiger partial charge in [-0.05, 0) is 51.8 Å². The molecule has 1 aromatic carbocycles. The van der Waals surface area contributed by atoms with Crippen LogP contribution in [-0.2, 0) is 0 Å². The molecule has 2 aromatic rings. The van der Waals surface area contributed by atoms with Gasteiger partial charge in [-0.2, -0.15) is 0 Å². The summed E-state index contributed by atoms with van der Waals surface area (Å²) in [5.74, 6) is 0.0444. The average Bonchev–Trinajstić information content (AvgIpc) is 2.65. The molecule has 0 saturated carbocycles. The summed E-state index contributed by atoms with van der Waals surface area (Å²) in [7, 11) is 2.11. The zero-order valence-electron chi connectivity index (χ0n) is 16.5. The molecule has 0 unspecified atom stereocenters. The monoisotopic (exact) mass is 367 g/mol. The summed E-state index contributed by atoms with van der Waals surface area (Å²) < 4.78 is 0. The third kappa shape index (κ3) is 3.23. The van der Waals surface area contributed by atoms with Crippen LogP contribution < -0.4 is 0 Å². The van der Waals surface area contributed by atoms with Crippen molar-refractivity contribution in [1.29, 1.82) is 0 Å². The van der Waals surface area contributed by atoms with E-state index in [2.05, 4.69) is 11.9 Å². The minimum Gasteiger partial charge on any atom is -0.392 e. The molecule has 5 heteroatoms. The Bertz CT molecular complexity index is 881. The van der Waals surface area contributed by atoms with Gasteiger partial charge < -0.3 is 14.9 Å². The maximum atomic E-state index is 13.4. The molecule has 2 fully saturated rings. The summed E-state index contributed by atoms with van der Waals surface area (Å²) in [5.41, 5.74) is 3.35. The highest BCUT2D eigenvalue weighted by atomic mass is 16.3. The zero-order chi connectivity index (χ0) is 19.2. The van der Waals surface area contributed by atoms with E-state index in [-0.39, 0.29) is 17.4 Å². The van der Waals surface area contributed by atoms with Crippen LogP contribution in [-0.4, -0.2) is 65.1 Å². The first-order valence-corrected chi connectivity index (χ1v) is 9.92. The van der Waals surface area contributed by atoms with E-state index in [4.69, 9.17) is 4.98 Å². The predicted octanol–water partition coefficient (Wildman–Crippen LogP) is 2.77. The van der Waals surface area contributed by atoms with Gasteiger partial charge in [0.2, 0.25) is 0 Å². The van der Waals surface area contributed by atoms with Crippen LogP contribution in [0.4, 0.5) is 0 Å². The molecule has 1 N–H and O–H groups in total. The van der Waals surface area contributed by atoms with Crippen LogP contribution in [0.1, 0.15) is 40.9 Å². The number of aliphatic hydroxyl groups is 1. The van der Waals surface area contributed by atoms with E-state index in [9.17, 15) is 9.90 Å². The van der Waals surface area contributed by atoms with Crippen molar-refractivity contribution in [3.8, 4) is 0 Å². The Kier molecular flexibility index (Phi) is 4.68. The van der Waals surface area contributed by atoms with Crippen LogP contribution >= 0.6 is 0 Å². The van der Waals surface area contributed by atoms with Crippen LogP contribution in [0, 0.1) is 19.3 Å². The van der Waals surface area contributed by atoms with E-state index >= 15 is 0 Å². The summed E-state index contributed by atoms with van der Waals surface area (Å²) in [4.78, 5) is 22.3. The topological polar surface area (TPSA) is 56.7 Å². The molecule has 3 heterocycles. The lowest BCUT2D eigenvalue weighted by molar-refractivity contribution is -0.0731. The Morgan fingerprint density at radius 3 is 2.89 bits per heavy atom. The van der Waals surface area contributed by atoms with Gasteiger partial charge in [-0.3, -0.25) is 9.78 Å². The molecule has 1 aromatic heterocycles. The Morgan fingerprint density at radius 1 is 1.26 bits per heavy atom. The highest BCUT2D eigenvalue weighted by Gasteiger charge is 2.45. The van der Waals surface area contributed by atoms with E-state index in [1.54, 1.807) is 0 Å². The molecule has 2 aliphatic rings. The molecule has 0 bridgehead atoms. The highest BCUT2D eigenvalue weighted by molar-refractivity contribution is 5.99. The minimum absolute atomic E-state index is 0.0444. The molecule has 0 aliphatic carbocycles. The Balaban J connectivity index is 1.64. The van der Waals surface area contributed by atoms with Crippen molar-refractivity contribution in [3.05, 3.63) is 41.1 Å². The molecule has 5 nitrogen and oxygen atoms in total. The van der Waals surface area contributed by atoms with Crippen molar-refractivity contribution in [2.24, 2.45) is 5.41 Å². The van der Waals surface area contributed by atoms with Gasteiger partial charge in [0.25, 0.3) is 5.91 Å². The first-order chi connectivity index (χ1) is 12.9. The lowest BCUT2D eigenvalue weighted by Gasteiger charge is -2.50. The first kappa shape index (κ1) is 18.4. The van der Waals surface area contributed by atoms with Crippen molar-refractivity contribution < 1.29 is 9.90 Å². The number of aliphatic hydroxyl groups excluding tert-OH is 1. The normalized spacial score (nSPS) is 26.7. The molecule has 2 atom stereocenters. The number of likely N-dealkylation sites (tertiary alicyclic amines) is 2. The maximum Gasteiger partial charge on any atom is 0.255 e. The maximum absolute atomic E-state index is 13.4. The molecule has 2 aliphatic heterocycles. The second-order valence-electron chi connectivity index (χ2n) is 8.50. The van der Waals surface area contributed by atoms with Gasteiger partial charge in [-0.25, -0.2) is 0 Å². The van der Waals surface area contributed by atoms with Crippen LogP contribution in [0.2, 0.25) is 0 Å². The summed E-state index contributed by atoms with van der Waals surface area (Å²) >= 11 is 0. The van der Waals surface area contributed by atoms with Crippen molar-refractivity contribution in [2.45, 2.75) is 39.2 Å². The standard InChI is InChI=1S/C22H29N3O2/c1-15-6-4-7-17-12-18(16(2)23-20(15)17)21(27)25-10-5-9-22(14-25)13-24(3)11-8-19(22)26/h4,6-7,12,19,26H,5,8-11,13-14H2,1-3H3/t19-,22-/m0/s1. The number of rotatable bonds is 1. The summed E-state index contributed by atoms with van der Waals surface area (Å²) in [6, 6.07) is 8.06. The van der Waals surface area contributed by atoms with Crippen molar-refractivity contribution in [3.63, 3.8) is 0 Å². The number of piperidine rings is 2. The van der Waals surface area contributed by atoms with E-state index < -0.39 is 0 Å². The van der Waals surface area contributed by atoms with Gasteiger partial charge in [0.05, 0.1) is 22.9 Å². The molecule has 1 spiro atoms. The van der Waals surface area contributed by atoms with Gasteiger partial charge in [0.15, 0.2) is 0 Å². The van der Waals surface area contributed by atoms with E-state index in [1.807, 2.05) is 43.0 Å². The lowest BCUT2D eigenvalue weighted by atomic mass is 9.71. The minimum atomic E-state index is -0.331. The smallest absolute Gasteiger partial charge is 0.255 e. The molecule has 27 heavy (non-hydrogen) atoms. The first-order valence-electron chi connectivity index (χ1n) is 9.92. The number of carbonyl (C=O) groups excluding carboxylic acids is 1. The molecule has 0 radical (unpaired) electrons. The number of aryl methyl sites for hydroxylation is 2. The quantitative estimate of drug-likeness (QED) is 0.842. The largest absolute Gasteiger partial charge is 0.392 e. The molecule has 4 rings (SSSR count). The SMILES string of the molecule is Cc1nc2c(C)cccc2cc1C(=O)N1CCC[C@]2(CN(C)CC[C@@H]2O)C1. The van der Waals surface area contributed by atoms with E-state index in [0.717, 1.165) is 61.1 Å². The molecule has 144 valence electrons. The van der Waals surface area contributed by atoms with Gasteiger partial charge in [0, 0.05) is 37.0 Å². The Morgan fingerprint density at radius 2 is 2.07 bits per heavy atom. The van der Waals surface area contributed by atoms with Crippen LogP contribution in [0.5, 0.6) is 0 Å². The number of benzene rings is 1. The third-order valence-electron chi connectivity index (χ3n) is 6.44. The van der Waals surface area contributed by atoms with E-state index in [1.165, 1.54) is 0 Å². The van der Waals surface area contributed by atoms with Crippen LogP contribution in [0.3, 0.4) is 0 Å². The van der Waals surface area contributed by atoms with Crippen LogP contribution in [0.25, 0.3) is 10.9 Å². The van der Waals surface area contributed by atoms with Crippen molar-refractivity contribution in [1.82, 2.24) is 14.8 Å². The Hall–Kier alpha value is -1.98. The molecular weight excluding hydrogens is 338 g/mol. The fraction of sp³-hybridized carbons (Fsp3) is 0.545. The number of amides is 1. The number of hydrogen-bond acceptors (Lipinski definition) is 4. The Labute approximate surface area is 161 Å².